The van der Waals surface area contributed by atoms with Crippen molar-refractivity contribution in [2.24, 2.45) is 0 Å². The van der Waals surface area contributed by atoms with E-state index in [1.165, 1.54) is 0 Å². The number of benzene rings is 3. The minimum atomic E-state index is -0.285. The Morgan fingerprint density at radius 3 is 2.17 bits per heavy atom. The largest absolute Gasteiger partial charge is 0.354 e. The third-order valence-electron chi connectivity index (χ3n) is 6.52. The average Bonchev–Trinajstić information content (AvgIpc) is 3.43. The molecule has 1 aliphatic heterocycles. The zero-order valence-electron chi connectivity index (χ0n) is 19.8. The molecule has 0 spiro atoms. The van der Waals surface area contributed by atoms with Gasteiger partial charge in [0.1, 0.15) is 5.82 Å². The molecule has 0 bridgehead atoms. The first-order valence-electron chi connectivity index (χ1n) is 12.0. The Balaban J connectivity index is 1.32. The molecule has 3 heterocycles. The molecule has 8 heteroatoms. The third kappa shape index (κ3) is 3.86. The molecule has 1 saturated heterocycles. The smallest absolute Gasteiger partial charge is 0.265 e. The monoisotopic (exact) mass is 476 g/mol. The number of hydrogen-bond donors (Lipinski definition) is 1. The number of nitrogens with zero attached hydrogens (tertiary/aromatic N) is 5. The number of fused-ring (bicyclic) bond motifs is 2. The number of nitrogens with one attached hydrogen (secondary N) is 1. The van der Waals surface area contributed by atoms with E-state index >= 15 is 0 Å². The highest BCUT2D eigenvalue weighted by atomic mass is 16.1. The predicted molar refractivity (Wildman–Crippen MR) is 141 cm³/mol. The Morgan fingerprint density at radius 1 is 0.806 bits per heavy atom. The van der Waals surface area contributed by atoms with Gasteiger partial charge in [0, 0.05) is 18.7 Å². The summed E-state index contributed by atoms with van der Waals surface area (Å²) in [5.41, 5.74) is 3.15. The number of aromatic nitrogens is 4. The third-order valence-corrected chi connectivity index (χ3v) is 6.52. The van der Waals surface area contributed by atoms with Crippen LogP contribution < -0.4 is 15.8 Å². The Labute approximate surface area is 207 Å². The van der Waals surface area contributed by atoms with Crippen molar-refractivity contribution in [1.82, 2.24) is 19.5 Å². The highest BCUT2D eigenvalue weighted by Crippen LogP contribution is 2.28. The second-order valence-electron chi connectivity index (χ2n) is 8.90. The second-order valence-corrected chi connectivity index (χ2v) is 8.90. The molecule has 36 heavy (non-hydrogen) atoms. The van der Waals surface area contributed by atoms with Crippen LogP contribution in [0, 0.1) is 6.92 Å². The summed E-state index contributed by atoms with van der Waals surface area (Å²) in [7, 11) is 0. The Kier molecular flexibility index (Phi) is 5.41. The lowest BCUT2D eigenvalue weighted by atomic mass is 10.1. The quantitative estimate of drug-likeness (QED) is 0.411. The molecule has 0 atom stereocenters. The van der Waals surface area contributed by atoms with Crippen LogP contribution in [-0.2, 0) is 0 Å². The summed E-state index contributed by atoms with van der Waals surface area (Å²) in [5.74, 6) is 1.45. The SMILES string of the molecule is Cc1nc2ccccc2c(=O)n1-c1ccc(C(=O)Nc2nc3ccccc3nc2N2CCCC2)cc1. The van der Waals surface area contributed by atoms with Crippen molar-refractivity contribution in [2.45, 2.75) is 19.8 Å². The molecular formula is C28H24N6O2. The molecule has 2 aromatic heterocycles. The fourth-order valence-electron chi connectivity index (χ4n) is 4.71. The summed E-state index contributed by atoms with van der Waals surface area (Å²) in [6, 6.07) is 21.9. The topological polar surface area (TPSA) is 93.0 Å². The van der Waals surface area contributed by atoms with Gasteiger partial charge in [-0.05, 0) is 68.3 Å². The van der Waals surface area contributed by atoms with Crippen molar-refractivity contribution in [1.29, 1.82) is 0 Å². The summed E-state index contributed by atoms with van der Waals surface area (Å²) < 4.78 is 1.56. The van der Waals surface area contributed by atoms with E-state index < -0.39 is 0 Å². The molecule has 1 amide bonds. The first kappa shape index (κ1) is 21.9. The molecule has 0 unspecified atom stereocenters. The van der Waals surface area contributed by atoms with Gasteiger partial charge in [0.15, 0.2) is 11.6 Å². The van der Waals surface area contributed by atoms with E-state index in [0.29, 0.717) is 39.6 Å². The Hall–Kier alpha value is -4.59. The second kappa shape index (κ2) is 8.88. The van der Waals surface area contributed by atoms with Gasteiger partial charge in [-0.25, -0.2) is 15.0 Å². The highest BCUT2D eigenvalue weighted by Gasteiger charge is 2.21. The summed E-state index contributed by atoms with van der Waals surface area (Å²) in [6.45, 7) is 3.57. The summed E-state index contributed by atoms with van der Waals surface area (Å²) in [5, 5.41) is 3.52. The maximum Gasteiger partial charge on any atom is 0.265 e. The van der Waals surface area contributed by atoms with Crippen molar-refractivity contribution in [3.63, 3.8) is 0 Å². The van der Waals surface area contributed by atoms with Gasteiger partial charge in [-0.2, -0.15) is 0 Å². The molecule has 1 N–H and O–H groups in total. The van der Waals surface area contributed by atoms with Crippen LogP contribution in [0.15, 0.2) is 77.6 Å². The number of aryl methyl sites for hydroxylation is 1. The van der Waals surface area contributed by atoms with Gasteiger partial charge < -0.3 is 10.2 Å². The van der Waals surface area contributed by atoms with E-state index in [2.05, 4.69) is 15.2 Å². The minimum Gasteiger partial charge on any atom is -0.354 e. The number of para-hydroxylation sites is 3. The summed E-state index contributed by atoms with van der Waals surface area (Å²) in [4.78, 5) is 42.5. The molecular weight excluding hydrogens is 452 g/mol. The maximum atomic E-state index is 13.2. The van der Waals surface area contributed by atoms with Crippen LogP contribution in [0.5, 0.6) is 0 Å². The van der Waals surface area contributed by atoms with E-state index in [9.17, 15) is 9.59 Å². The normalized spacial score (nSPS) is 13.4. The molecule has 0 aliphatic carbocycles. The van der Waals surface area contributed by atoms with Crippen LogP contribution in [0.2, 0.25) is 0 Å². The molecule has 0 radical (unpaired) electrons. The molecule has 8 nitrogen and oxygen atoms in total. The van der Waals surface area contributed by atoms with E-state index in [-0.39, 0.29) is 11.5 Å². The van der Waals surface area contributed by atoms with Crippen LogP contribution in [0.25, 0.3) is 27.6 Å². The Bertz CT molecular complexity index is 1670. The summed E-state index contributed by atoms with van der Waals surface area (Å²) in [6.07, 6.45) is 2.18. The van der Waals surface area contributed by atoms with E-state index in [4.69, 9.17) is 9.97 Å². The van der Waals surface area contributed by atoms with Gasteiger partial charge in [-0.3, -0.25) is 14.2 Å². The zero-order chi connectivity index (χ0) is 24.6. The van der Waals surface area contributed by atoms with Crippen LogP contribution >= 0.6 is 0 Å². The molecule has 1 aliphatic rings. The number of rotatable bonds is 4. The number of hydrogen-bond acceptors (Lipinski definition) is 6. The van der Waals surface area contributed by atoms with Crippen molar-refractivity contribution < 1.29 is 4.79 Å². The minimum absolute atomic E-state index is 0.142. The average molecular weight is 477 g/mol. The highest BCUT2D eigenvalue weighted by molar-refractivity contribution is 6.05. The van der Waals surface area contributed by atoms with Gasteiger partial charge in [-0.15, -0.1) is 0 Å². The van der Waals surface area contributed by atoms with Crippen LogP contribution in [0.1, 0.15) is 29.0 Å². The number of amides is 1. The van der Waals surface area contributed by atoms with Gasteiger partial charge in [0.25, 0.3) is 11.5 Å². The standard InChI is InChI=1S/C28H24N6O2/c1-18-29-22-9-3-2-8-21(22)28(36)34(18)20-14-12-19(13-15-20)27(35)32-25-26(33-16-6-7-17-33)31-24-11-5-4-10-23(24)30-25/h2-5,8-15H,6-7,16-17H2,1H3,(H,30,32,35). The van der Waals surface area contributed by atoms with Gasteiger partial charge in [-0.1, -0.05) is 24.3 Å². The molecule has 1 fully saturated rings. The lowest BCUT2D eigenvalue weighted by Crippen LogP contribution is -2.24. The predicted octanol–water partition coefficient (Wildman–Crippen LogP) is 4.49. The van der Waals surface area contributed by atoms with Crippen molar-refractivity contribution in [3.05, 3.63) is 94.5 Å². The van der Waals surface area contributed by atoms with Crippen molar-refractivity contribution >= 4 is 39.5 Å². The first-order valence-corrected chi connectivity index (χ1v) is 12.0. The van der Waals surface area contributed by atoms with E-state index in [1.807, 2.05) is 42.5 Å². The fraction of sp³-hybridized carbons (Fsp3) is 0.179. The number of carbonyl (C=O) groups is 1. The molecule has 0 saturated carbocycles. The lowest BCUT2D eigenvalue weighted by Gasteiger charge is -2.20. The van der Waals surface area contributed by atoms with E-state index in [1.54, 1.807) is 41.8 Å². The fourth-order valence-corrected chi connectivity index (χ4v) is 4.71. The summed E-state index contributed by atoms with van der Waals surface area (Å²) >= 11 is 0. The van der Waals surface area contributed by atoms with Crippen molar-refractivity contribution in [2.75, 3.05) is 23.3 Å². The molecule has 5 aromatic rings. The van der Waals surface area contributed by atoms with Gasteiger partial charge in [0.2, 0.25) is 0 Å². The van der Waals surface area contributed by atoms with Crippen LogP contribution in [0.3, 0.4) is 0 Å². The van der Waals surface area contributed by atoms with Crippen LogP contribution in [0.4, 0.5) is 11.6 Å². The lowest BCUT2D eigenvalue weighted by molar-refractivity contribution is 0.102. The number of anilines is 2. The zero-order valence-corrected chi connectivity index (χ0v) is 19.8. The Morgan fingerprint density at radius 2 is 1.44 bits per heavy atom. The number of carbonyl (C=O) groups excluding carboxylic acids is 1. The van der Waals surface area contributed by atoms with Gasteiger partial charge >= 0.3 is 0 Å². The maximum absolute atomic E-state index is 13.2. The van der Waals surface area contributed by atoms with E-state index in [0.717, 1.165) is 37.0 Å². The van der Waals surface area contributed by atoms with Crippen LogP contribution in [-0.4, -0.2) is 38.5 Å². The van der Waals surface area contributed by atoms with Crippen molar-refractivity contribution in [3.8, 4) is 5.69 Å². The molecule has 178 valence electrons. The molecule has 3 aromatic carbocycles. The molecule has 6 rings (SSSR count). The first-order chi connectivity index (χ1) is 17.6. The van der Waals surface area contributed by atoms with Gasteiger partial charge in [0.05, 0.1) is 27.6 Å².